The Morgan fingerprint density at radius 3 is 3.04 bits per heavy atom. The van der Waals surface area contributed by atoms with Crippen molar-refractivity contribution < 1.29 is 23.1 Å². The van der Waals surface area contributed by atoms with E-state index in [9.17, 15) is 9.18 Å². The number of nitrogens with one attached hydrogen (secondary N) is 1. The summed E-state index contributed by atoms with van der Waals surface area (Å²) in [6, 6.07) is 10.8. The molecule has 1 N–H and O–H groups in total. The van der Waals surface area contributed by atoms with Gasteiger partial charge in [-0.15, -0.1) is 0 Å². The molecule has 0 saturated carbocycles. The fraction of sp³-hybridized carbons (Fsp3) is 0.263. The Morgan fingerprint density at radius 1 is 1.27 bits per heavy atom. The molecule has 1 aliphatic heterocycles. The summed E-state index contributed by atoms with van der Waals surface area (Å²) in [6.07, 6.45) is 1.89. The Morgan fingerprint density at radius 2 is 2.19 bits per heavy atom. The second kappa shape index (κ2) is 7.13. The van der Waals surface area contributed by atoms with E-state index >= 15 is 0 Å². The van der Waals surface area contributed by atoms with E-state index in [1.165, 1.54) is 24.3 Å². The van der Waals surface area contributed by atoms with E-state index < -0.39 is 0 Å². The highest BCUT2D eigenvalue weighted by Crippen LogP contribution is 2.21. The molecule has 1 fully saturated rings. The highest BCUT2D eigenvalue weighted by Gasteiger charge is 2.30. The first-order valence-corrected chi connectivity index (χ1v) is 8.34. The molecule has 0 unspecified atom stereocenters. The molecule has 2 aromatic heterocycles. The molecule has 0 spiro atoms. The van der Waals surface area contributed by atoms with Crippen LogP contribution >= 0.6 is 0 Å². The first kappa shape index (κ1) is 16.5. The monoisotopic (exact) mass is 356 g/mol. The predicted molar refractivity (Wildman–Crippen MR) is 91.5 cm³/mol. The summed E-state index contributed by atoms with van der Waals surface area (Å²) in [7, 11) is 0. The highest BCUT2D eigenvalue weighted by atomic mass is 19.1. The Labute approximate surface area is 148 Å². The average Bonchev–Trinajstić information content (AvgIpc) is 3.07. The Hall–Kier alpha value is -2.93. The lowest BCUT2D eigenvalue weighted by atomic mass is 10.1. The smallest absolute Gasteiger partial charge is 0.287 e. The number of amides is 1. The lowest BCUT2D eigenvalue weighted by Crippen LogP contribution is -2.51. The molecule has 6 nitrogen and oxygen atoms in total. The quantitative estimate of drug-likeness (QED) is 0.778. The van der Waals surface area contributed by atoms with Crippen molar-refractivity contribution in [3.63, 3.8) is 0 Å². The van der Waals surface area contributed by atoms with Crippen LogP contribution in [0.5, 0.6) is 5.88 Å². The van der Waals surface area contributed by atoms with Crippen molar-refractivity contribution in [2.45, 2.75) is 18.6 Å². The van der Waals surface area contributed by atoms with Crippen LogP contribution in [0.15, 0.2) is 53.1 Å². The van der Waals surface area contributed by atoms with Gasteiger partial charge in [-0.1, -0.05) is 6.07 Å². The summed E-state index contributed by atoms with van der Waals surface area (Å²) < 4.78 is 30.1. The first-order valence-electron chi connectivity index (χ1n) is 8.34. The number of halogens is 1. The van der Waals surface area contributed by atoms with Gasteiger partial charge in [-0.2, -0.15) is 0 Å². The maximum atomic E-state index is 13.3. The van der Waals surface area contributed by atoms with Gasteiger partial charge in [-0.05, 0) is 36.8 Å². The minimum atomic E-state index is -0.376. The number of aromatic nitrogens is 1. The van der Waals surface area contributed by atoms with Crippen LogP contribution in [-0.4, -0.2) is 36.3 Å². The molecular weight excluding hydrogens is 339 g/mol. The molecule has 1 amide bonds. The van der Waals surface area contributed by atoms with Gasteiger partial charge < -0.3 is 19.2 Å². The van der Waals surface area contributed by atoms with Gasteiger partial charge in [0.15, 0.2) is 5.76 Å². The molecule has 26 heavy (non-hydrogen) atoms. The van der Waals surface area contributed by atoms with Crippen LogP contribution in [0, 0.1) is 5.82 Å². The number of hydrogen-bond donors (Lipinski definition) is 1. The predicted octanol–water partition coefficient (Wildman–Crippen LogP) is 2.93. The van der Waals surface area contributed by atoms with Crippen LogP contribution in [-0.2, 0) is 4.74 Å². The van der Waals surface area contributed by atoms with Crippen molar-refractivity contribution in [1.29, 1.82) is 0 Å². The minimum Gasteiger partial charge on any atom is -0.470 e. The molecule has 134 valence electrons. The van der Waals surface area contributed by atoms with E-state index in [1.807, 2.05) is 6.07 Å². The third kappa shape index (κ3) is 3.52. The van der Waals surface area contributed by atoms with Crippen molar-refractivity contribution in [2.24, 2.45) is 0 Å². The Kier molecular flexibility index (Phi) is 4.53. The SMILES string of the molecule is O=C(N[C@@H]1CCOC[C@H]1Oc1ccccn1)c1cc2cc(F)ccc2o1. The van der Waals surface area contributed by atoms with Gasteiger partial charge in [0.1, 0.15) is 17.5 Å². The average molecular weight is 356 g/mol. The molecule has 1 saturated heterocycles. The zero-order valence-electron chi connectivity index (χ0n) is 13.9. The van der Waals surface area contributed by atoms with Gasteiger partial charge >= 0.3 is 0 Å². The number of carbonyl (C=O) groups excluding carboxylic acids is 1. The van der Waals surface area contributed by atoms with E-state index in [2.05, 4.69) is 10.3 Å². The van der Waals surface area contributed by atoms with Crippen molar-refractivity contribution in [3.05, 3.63) is 60.2 Å². The zero-order chi connectivity index (χ0) is 17.9. The van der Waals surface area contributed by atoms with Gasteiger partial charge in [0.25, 0.3) is 5.91 Å². The number of carbonyl (C=O) groups is 1. The maximum absolute atomic E-state index is 13.3. The van der Waals surface area contributed by atoms with E-state index in [4.69, 9.17) is 13.9 Å². The molecule has 1 aromatic carbocycles. The van der Waals surface area contributed by atoms with Gasteiger partial charge in [-0.25, -0.2) is 9.37 Å². The van der Waals surface area contributed by atoms with Gasteiger partial charge in [0.2, 0.25) is 5.88 Å². The summed E-state index contributed by atoms with van der Waals surface area (Å²) in [5.41, 5.74) is 0.463. The van der Waals surface area contributed by atoms with Gasteiger partial charge in [0.05, 0.1) is 12.6 Å². The van der Waals surface area contributed by atoms with Crippen molar-refractivity contribution in [2.75, 3.05) is 13.2 Å². The molecule has 3 aromatic rings. The van der Waals surface area contributed by atoms with Crippen LogP contribution in [0.2, 0.25) is 0 Å². The third-order valence-electron chi connectivity index (χ3n) is 4.23. The second-order valence-corrected chi connectivity index (χ2v) is 6.06. The number of furan rings is 1. The maximum Gasteiger partial charge on any atom is 0.287 e. The number of nitrogens with zero attached hydrogens (tertiary/aromatic N) is 1. The van der Waals surface area contributed by atoms with Crippen molar-refractivity contribution in [1.82, 2.24) is 10.3 Å². The van der Waals surface area contributed by atoms with E-state index in [-0.39, 0.29) is 29.6 Å². The summed E-state index contributed by atoms with van der Waals surface area (Å²) in [6.45, 7) is 0.880. The van der Waals surface area contributed by atoms with Crippen LogP contribution < -0.4 is 10.1 Å². The summed E-state index contributed by atoms with van der Waals surface area (Å²) in [5, 5.41) is 3.47. The number of ether oxygens (including phenoxy) is 2. The molecule has 0 aliphatic carbocycles. The highest BCUT2D eigenvalue weighted by molar-refractivity contribution is 5.96. The van der Waals surface area contributed by atoms with Gasteiger partial charge in [0, 0.05) is 24.3 Å². The molecule has 7 heteroatoms. The summed E-state index contributed by atoms with van der Waals surface area (Å²) in [4.78, 5) is 16.7. The molecule has 4 rings (SSSR count). The number of fused-ring (bicyclic) bond motifs is 1. The summed E-state index contributed by atoms with van der Waals surface area (Å²) >= 11 is 0. The van der Waals surface area contributed by atoms with E-state index in [0.29, 0.717) is 36.5 Å². The molecule has 2 atom stereocenters. The third-order valence-corrected chi connectivity index (χ3v) is 4.23. The second-order valence-electron chi connectivity index (χ2n) is 6.06. The normalized spacial score (nSPS) is 20.0. The minimum absolute atomic E-state index is 0.133. The van der Waals surface area contributed by atoms with Crippen LogP contribution in [0.25, 0.3) is 11.0 Å². The number of benzene rings is 1. The lowest BCUT2D eigenvalue weighted by molar-refractivity contribution is -0.0155. The Bertz CT molecular complexity index is 912. The van der Waals surface area contributed by atoms with E-state index in [0.717, 1.165) is 0 Å². The molecular formula is C19H17FN2O4. The Balaban J connectivity index is 1.48. The number of hydrogen-bond acceptors (Lipinski definition) is 5. The standard InChI is InChI=1S/C19H17FN2O4/c20-13-4-5-15-12(9-13)10-16(25-15)19(23)22-14-6-8-24-11-17(14)26-18-3-1-2-7-21-18/h1-5,7,9-10,14,17H,6,8,11H2,(H,22,23)/t14-,17-/m1/s1. The molecule has 1 aliphatic rings. The molecule has 0 bridgehead atoms. The van der Waals surface area contributed by atoms with Crippen LogP contribution in [0.4, 0.5) is 4.39 Å². The van der Waals surface area contributed by atoms with Crippen LogP contribution in [0.3, 0.4) is 0 Å². The first-order chi connectivity index (χ1) is 12.7. The molecule has 0 radical (unpaired) electrons. The van der Waals surface area contributed by atoms with E-state index in [1.54, 1.807) is 18.3 Å². The van der Waals surface area contributed by atoms with Crippen LogP contribution in [0.1, 0.15) is 17.0 Å². The largest absolute Gasteiger partial charge is 0.470 e. The topological polar surface area (TPSA) is 73.6 Å². The zero-order valence-corrected chi connectivity index (χ0v) is 13.9. The van der Waals surface area contributed by atoms with Crippen molar-refractivity contribution in [3.8, 4) is 5.88 Å². The van der Waals surface area contributed by atoms with Crippen molar-refractivity contribution >= 4 is 16.9 Å². The number of rotatable bonds is 4. The summed E-state index contributed by atoms with van der Waals surface area (Å²) in [5.74, 6) is -0.142. The lowest BCUT2D eigenvalue weighted by Gasteiger charge is -2.31. The fourth-order valence-corrected chi connectivity index (χ4v) is 2.93. The fourth-order valence-electron chi connectivity index (χ4n) is 2.93. The van der Waals surface area contributed by atoms with Gasteiger partial charge in [-0.3, -0.25) is 4.79 Å². The number of pyridine rings is 1. The molecule has 3 heterocycles.